The van der Waals surface area contributed by atoms with E-state index in [2.05, 4.69) is 0 Å². The largest absolute Gasteiger partial charge is 0.486 e. The minimum absolute atomic E-state index is 0.202. The molecule has 2 amide bonds. The average molecular weight is 481 g/mol. The number of ether oxygens (including phenoxy) is 3. The van der Waals surface area contributed by atoms with Crippen LogP contribution in [0.5, 0.6) is 11.5 Å². The Morgan fingerprint density at radius 2 is 1.36 bits per heavy atom. The summed E-state index contributed by atoms with van der Waals surface area (Å²) in [6, 6.07) is 20.2. The van der Waals surface area contributed by atoms with Crippen molar-refractivity contribution in [1.82, 2.24) is 0 Å². The molecule has 1 aliphatic carbocycles. The van der Waals surface area contributed by atoms with E-state index in [1.54, 1.807) is 66.7 Å². The normalized spacial score (nSPS) is 25.4. The maximum Gasteiger partial charge on any atom is 0.241 e. The van der Waals surface area contributed by atoms with Gasteiger partial charge in [0.05, 0.1) is 23.6 Å². The smallest absolute Gasteiger partial charge is 0.241 e. The van der Waals surface area contributed by atoms with E-state index in [4.69, 9.17) is 14.2 Å². The zero-order valence-corrected chi connectivity index (χ0v) is 18.9. The van der Waals surface area contributed by atoms with Crippen molar-refractivity contribution in [3.8, 4) is 11.5 Å². The number of anilines is 1. The lowest BCUT2D eigenvalue weighted by atomic mass is 9.77. The zero-order chi connectivity index (χ0) is 24.6. The van der Waals surface area contributed by atoms with Gasteiger partial charge in [-0.05, 0) is 17.7 Å². The van der Waals surface area contributed by atoms with E-state index in [0.717, 1.165) is 4.90 Å². The van der Waals surface area contributed by atoms with Gasteiger partial charge >= 0.3 is 0 Å². The first kappa shape index (κ1) is 21.0. The molecule has 7 rings (SSSR count). The lowest BCUT2D eigenvalue weighted by molar-refractivity contribution is -0.127. The second-order valence-corrected chi connectivity index (χ2v) is 9.23. The van der Waals surface area contributed by atoms with Gasteiger partial charge in [0.15, 0.2) is 11.5 Å². The van der Waals surface area contributed by atoms with E-state index >= 15 is 0 Å². The highest BCUT2D eigenvalue weighted by molar-refractivity contribution is 6.37. The molecule has 0 radical (unpaired) electrons. The minimum Gasteiger partial charge on any atom is -0.486 e. The number of fused-ring (bicyclic) bond motifs is 4. The van der Waals surface area contributed by atoms with E-state index in [9.17, 15) is 19.2 Å². The highest BCUT2D eigenvalue weighted by atomic mass is 16.6. The summed E-state index contributed by atoms with van der Waals surface area (Å²) in [6.07, 6.45) is -0.947. The lowest BCUT2D eigenvalue weighted by Crippen LogP contribution is -2.51. The van der Waals surface area contributed by atoms with E-state index in [1.807, 2.05) is 6.07 Å². The van der Waals surface area contributed by atoms with Crippen molar-refractivity contribution >= 4 is 29.1 Å². The summed E-state index contributed by atoms with van der Waals surface area (Å²) in [5.41, 5.74) is -0.780. The molecule has 0 unspecified atom stereocenters. The number of ketones is 2. The summed E-state index contributed by atoms with van der Waals surface area (Å²) in [4.78, 5) is 56.5. The van der Waals surface area contributed by atoms with Crippen LogP contribution in [0.15, 0.2) is 72.8 Å². The van der Waals surface area contributed by atoms with Gasteiger partial charge in [-0.1, -0.05) is 54.6 Å². The van der Waals surface area contributed by atoms with Crippen molar-refractivity contribution in [2.45, 2.75) is 11.7 Å². The standard InChI is InChI=1S/C28H19NO7/c30-24-17-8-4-5-9-18(17)25(31)28(24)22-21(23(36-28)15-6-2-1-3-7-15)26(32)29(27(22)33)16-10-11-19-20(14-16)35-13-12-34-19/h1-11,14,21-23H,12-13H2/t21-,22-,23+/m1/s1. The first-order valence-corrected chi connectivity index (χ1v) is 11.7. The summed E-state index contributed by atoms with van der Waals surface area (Å²) in [5, 5.41) is 0. The monoisotopic (exact) mass is 481 g/mol. The van der Waals surface area contributed by atoms with Gasteiger partial charge in [0.1, 0.15) is 13.2 Å². The van der Waals surface area contributed by atoms with Crippen LogP contribution in [-0.2, 0) is 14.3 Å². The molecule has 4 aliphatic rings. The number of rotatable bonds is 2. The quantitative estimate of drug-likeness (QED) is 0.410. The van der Waals surface area contributed by atoms with E-state index < -0.39 is 46.9 Å². The van der Waals surface area contributed by atoms with Crippen LogP contribution in [-0.4, -0.2) is 42.2 Å². The lowest BCUT2D eigenvalue weighted by Gasteiger charge is -2.27. The van der Waals surface area contributed by atoms with Crippen LogP contribution in [0, 0.1) is 11.8 Å². The fourth-order valence-corrected chi connectivity index (χ4v) is 5.89. The molecule has 3 aromatic carbocycles. The molecule has 8 nitrogen and oxygen atoms in total. The Balaban J connectivity index is 1.39. The number of imide groups is 1. The van der Waals surface area contributed by atoms with Gasteiger partial charge in [0.2, 0.25) is 29.0 Å². The molecule has 3 aromatic rings. The number of hydrogen-bond donors (Lipinski definition) is 0. The van der Waals surface area contributed by atoms with E-state index in [1.165, 1.54) is 0 Å². The molecular weight excluding hydrogens is 462 g/mol. The summed E-state index contributed by atoms with van der Waals surface area (Å²) >= 11 is 0. The third kappa shape index (κ3) is 2.56. The van der Waals surface area contributed by atoms with Crippen molar-refractivity contribution in [1.29, 1.82) is 0 Å². The molecule has 3 aliphatic heterocycles. The van der Waals surface area contributed by atoms with Gasteiger partial charge < -0.3 is 14.2 Å². The van der Waals surface area contributed by atoms with Crippen molar-refractivity contribution in [2.24, 2.45) is 11.8 Å². The topological polar surface area (TPSA) is 99.2 Å². The Kier molecular flexibility index (Phi) is 4.29. The Morgan fingerprint density at radius 1 is 0.722 bits per heavy atom. The number of hydrogen-bond acceptors (Lipinski definition) is 7. The number of amides is 2. The van der Waals surface area contributed by atoms with E-state index in [-0.39, 0.29) is 11.1 Å². The molecular formula is C28H19NO7. The van der Waals surface area contributed by atoms with Gasteiger partial charge in [0.25, 0.3) is 0 Å². The highest BCUT2D eigenvalue weighted by Gasteiger charge is 2.74. The van der Waals surface area contributed by atoms with Gasteiger partial charge in [-0.15, -0.1) is 0 Å². The molecule has 8 heteroatoms. The van der Waals surface area contributed by atoms with Gasteiger partial charge in [-0.2, -0.15) is 0 Å². The molecule has 178 valence electrons. The maximum absolute atomic E-state index is 14.0. The van der Waals surface area contributed by atoms with Gasteiger partial charge in [-0.25, -0.2) is 4.90 Å². The molecule has 3 heterocycles. The highest BCUT2D eigenvalue weighted by Crippen LogP contribution is 2.57. The molecule has 36 heavy (non-hydrogen) atoms. The Labute approximate surface area is 205 Å². The molecule has 0 N–H and O–H groups in total. The summed E-state index contributed by atoms with van der Waals surface area (Å²) in [6.45, 7) is 0.749. The maximum atomic E-state index is 14.0. The molecule has 2 fully saturated rings. The van der Waals surface area contributed by atoms with Crippen LogP contribution in [0.25, 0.3) is 0 Å². The van der Waals surface area contributed by atoms with Crippen LogP contribution < -0.4 is 14.4 Å². The predicted molar refractivity (Wildman–Crippen MR) is 125 cm³/mol. The van der Waals surface area contributed by atoms with Crippen LogP contribution in [0.4, 0.5) is 5.69 Å². The van der Waals surface area contributed by atoms with Crippen LogP contribution in [0.1, 0.15) is 32.4 Å². The fraction of sp³-hybridized carbons (Fsp3) is 0.214. The molecule has 1 spiro atoms. The average Bonchev–Trinajstić information content (AvgIpc) is 3.49. The zero-order valence-electron chi connectivity index (χ0n) is 18.9. The number of benzene rings is 3. The summed E-state index contributed by atoms with van der Waals surface area (Å²) in [5.74, 6) is -3.74. The molecule has 2 saturated heterocycles. The number of Topliss-reactive ketones (excluding diaryl/α,β-unsaturated/α-hetero) is 2. The predicted octanol–water partition coefficient (Wildman–Crippen LogP) is 3.15. The summed E-state index contributed by atoms with van der Waals surface area (Å²) in [7, 11) is 0. The van der Waals surface area contributed by atoms with Crippen molar-refractivity contribution in [3.63, 3.8) is 0 Å². The number of carbonyl (C=O) groups excluding carboxylic acids is 4. The first-order valence-electron chi connectivity index (χ1n) is 11.7. The molecule has 0 aromatic heterocycles. The SMILES string of the molecule is O=C1[C@H]2[C@H](c3ccccc3)OC3(C(=O)c4ccccc4C3=O)[C@H]2C(=O)N1c1ccc2c(c1)OCCO2. The van der Waals surface area contributed by atoms with Crippen LogP contribution in [0.3, 0.4) is 0 Å². The second-order valence-electron chi connectivity index (χ2n) is 9.23. The molecule has 0 bridgehead atoms. The van der Waals surface area contributed by atoms with Crippen molar-refractivity contribution in [3.05, 3.63) is 89.5 Å². The summed E-state index contributed by atoms with van der Waals surface area (Å²) < 4.78 is 17.5. The Morgan fingerprint density at radius 3 is 2.06 bits per heavy atom. The van der Waals surface area contributed by atoms with Gasteiger partial charge in [-0.3, -0.25) is 19.2 Å². The third-order valence-corrected chi connectivity index (χ3v) is 7.43. The molecule has 0 saturated carbocycles. The Bertz CT molecular complexity index is 1450. The van der Waals surface area contributed by atoms with Crippen LogP contribution >= 0.6 is 0 Å². The second kappa shape index (κ2) is 7.35. The first-order chi connectivity index (χ1) is 17.5. The minimum atomic E-state index is -2.09. The van der Waals surface area contributed by atoms with Crippen molar-refractivity contribution < 1.29 is 33.4 Å². The van der Waals surface area contributed by atoms with Gasteiger partial charge in [0, 0.05) is 17.2 Å². The third-order valence-electron chi connectivity index (χ3n) is 7.43. The number of nitrogens with zero attached hydrogens (tertiary/aromatic N) is 1. The Hall–Kier alpha value is -4.30. The van der Waals surface area contributed by atoms with Crippen molar-refractivity contribution in [2.75, 3.05) is 18.1 Å². The van der Waals surface area contributed by atoms with Crippen LogP contribution in [0.2, 0.25) is 0 Å². The molecule has 3 atom stereocenters. The fourth-order valence-electron chi connectivity index (χ4n) is 5.89. The van der Waals surface area contributed by atoms with E-state index in [0.29, 0.717) is 36.0 Å². The number of carbonyl (C=O) groups is 4.